The molecule has 0 aliphatic carbocycles. The number of hydrogen-bond donors (Lipinski definition) is 5. The first kappa shape index (κ1) is 39.1. The van der Waals surface area contributed by atoms with Crippen molar-refractivity contribution in [1.82, 2.24) is 21.3 Å². The Morgan fingerprint density at radius 2 is 1.26 bits per heavy atom. The molecule has 0 saturated heterocycles. The van der Waals surface area contributed by atoms with Crippen LogP contribution in [-0.4, -0.2) is 66.0 Å². The summed E-state index contributed by atoms with van der Waals surface area (Å²) in [6.45, 7) is 19.9. The lowest BCUT2D eigenvalue weighted by Gasteiger charge is -2.29. The summed E-state index contributed by atoms with van der Waals surface area (Å²) in [6, 6.07) is 18.4. The van der Waals surface area contributed by atoms with Gasteiger partial charge in [-0.3, -0.25) is 9.59 Å². The van der Waals surface area contributed by atoms with Gasteiger partial charge < -0.3 is 35.8 Å². The number of aliphatic hydroxyl groups excluding tert-OH is 1. The fourth-order valence-corrected chi connectivity index (χ4v) is 4.74. The molecule has 10 heteroatoms. The van der Waals surface area contributed by atoms with Crippen LogP contribution in [-0.2, 0) is 31.9 Å². The van der Waals surface area contributed by atoms with Crippen molar-refractivity contribution in [2.45, 2.75) is 98.0 Å². The highest BCUT2D eigenvalue weighted by Crippen LogP contribution is 2.17. The number of amides is 3. The topological polar surface area (TPSA) is 138 Å². The van der Waals surface area contributed by atoms with Crippen LogP contribution >= 0.6 is 0 Å². The number of carbonyl (C=O) groups is 3. The number of carbonyl (C=O) groups excluding carboxylic acids is 3. The summed E-state index contributed by atoms with van der Waals surface area (Å²) >= 11 is 0. The fourth-order valence-electron chi connectivity index (χ4n) is 4.74. The zero-order valence-corrected chi connectivity index (χ0v) is 29.4. The van der Waals surface area contributed by atoms with Crippen molar-refractivity contribution < 1.29 is 29.0 Å². The Kier molecular flexibility index (Phi) is 14.8. The molecule has 3 amide bonds. The van der Waals surface area contributed by atoms with Crippen molar-refractivity contribution in [3.05, 3.63) is 84.3 Å². The maximum absolute atomic E-state index is 13.1. The zero-order chi connectivity index (χ0) is 35.3. The van der Waals surface area contributed by atoms with E-state index in [9.17, 15) is 19.5 Å². The third-order valence-electron chi connectivity index (χ3n) is 7.01. The van der Waals surface area contributed by atoms with Crippen molar-refractivity contribution in [1.29, 1.82) is 0 Å². The summed E-state index contributed by atoms with van der Waals surface area (Å²) in [4.78, 5) is 38.7. The Bertz CT molecular complexity index is 1290. The Morgan fingerprint density at radius 1 is 0.745 bits per heavy atom. The number of alkyl carbamates (subject to hydrolysis) is 1. The molecule has 0 aromatic heterocycles. The van der Waals surface area contributed by atoms with Crippen molar-refractivity contribution in [2.75, 3.05) is 19.6 Å². The molecule has 3 atom stereocenters. The smallest absolute Gasteiger partial charge is 0.407 e. The molecule has 0 radical (unpaired) electrons. The zero-order valence-electron chi connectivity index (χ0n) is 29.4. The molecule has 2 aromatic rings. The Labute approximate surface area is 281 Å². The largest absolute Gasteiger partial charge is 0.474 e. The number of hydrogen-bond acceptors (Lipinski definition) is 7. The number of rotatable bonds is 17. The summed E-state index contributed by atoms with van der Waals surface area (Å²) < 4.78 is 11.2. The molecule has 0 heterocycles. The standard InChI is InChI=1S/C37H56N4O6/c1-26(46-35(2,3)4)38-23-29(20-27-16-12-10-13-17-27)22-31(42)39-24-37(8,9)25-40-33(44)32(43)30(21-28-18-14-11-15-19-28)41-34(45)47-36(5,6)7/h10-19,29-30,32,38,43H,1,20-25H2,2-9H3,(H,39,42)(H,40,44)(H,41,45)/t29-,30-,32+/m1/s1. The van der Waals surface area contributed by atoms with E-state index in [2.05, 4.69) is 27.8 Å². The van der Waals surface area contributed by atoms with E-state index in [1.54, 1.807) is 20.8 Å². The third-order valence-corrected chi connectivity index (χ3v) is 7.01. The monoisotopic (exact) mass is 652 g/mol. The van der Waals surface area contributed by atoms with Gasteiger partial charge in [0.25, 0.3) is 5.91 Å². The van der Waals surface area contributed by atoms with Crippen molar-refractivity contribution >= 4 is 17.9 Å². The van der Waals surface area contributed by atoms with Gasteiger partial charge >= 0.3 is 6.09 Å². The molecule has 5 N–H and O–H groups in total. The van der Waals surface area contributed by atoms with Crippen LogP contribution in [0.3, 0.4) is 0 Å². The quantitative estimate of drug-likeness (QED) is 0.154. The second-order valence-corrected chi connectivity index (χ2v) is 14.8. The minimum atomic E-state index is -1.53. The lowest BCUT2D eigenvalue weighted by molar-refractivity contribution is -0.131. The number of benzene rings is 2. The summed E-state index contributed by atoms with van der Waals surface area (Å²) in [7, 11) is 0. The van der Waals surface area contributed by atoms with Gasteiger partial charge in [-0.25, -0.2) is 4.79 Å². The van der Waals surface area contributed by atoms with Crippen LogP contribution in [0, 0.1) is 11.3 Å². The lowest BCUT2D eigenvalue weighted by Crippen LogP contribution is -2.54. The molecule has 0 aliphatic rings. The van der Waals surface area contributed by atoms with Crippen LogP contribution in [0.5, 0.6) is 0 Å². The molecule has 2 aromatic carbocycles. The highest BCUT2D eigenvalue weighted by molar-refractivity contribution is 5.82. The summed E-state index contributed by atoms with van der Waals surface area (Å²) in [5, 5.41) is 22.7. The van der Waals surface area contributed by atoms with Crippen LogP contribution < -0.4 is 21.3 Å². The first-order chi connectivity index (χ1) is 21.8. The van der Waals surface area contributed by atoms with Gasteiger partial charge in [0.1, 0.15) is 11.2 Å². The van der Waals surface area contributed by atoms with Crippen molar-refractivity contribution in [2.24, 2.45) is 11.3 Å². The SMILES string of the molecule is C=C(NC[C@@H](CC(=O)NCC(C)(C)CNC(=O)[C@@H](O)[C@@H](Cc1ccccc1)NC(=O)OC(C)(C)C)Cc1ccccc1)OC(C)(C)C. The number of ether oxygens (including phenoxy) is 2. The molecule has 0 saturated carbocycles. The summed E-state index contributed by atoms with van der Waals surface area (Å²) in [5.74, 6) is -0.302. The molecular formula is C37H56N4O6. The molecule has 2 rings (SSSR count). The van der Waals surface area contributed by atoms with Crippen LogP contribution in [0.2, 0.25) is 0 Å². The Balaban J connectivity index is 1.96. The second kappa shape index (κ2) is 17.8. The lowest BCUT2D eigenvalue weighted by atomic mass is 9.92. The van der Waals surface area contributed by atoms with Crippen LogP contribution in [0.1, 0.15) is 72.9 Å². The molecular weight excluding hydrogens is 596 g/mol. The van der Waals surface area contributed by atoms with Gasteiger partial charge in [0.15, 0.2) is 12.0 Å². The average molecular weight is 653 g/mol. The number of nitrogens with one attached hydrogen (secondary N) is 4. The van der Waals surface area contributed by atoms with Crippen LogP contribution in [0.15, 0.2) is 73.1 Å². The summed E-state index contributed by atoms with van der Waals surface area (Å²) in [6.07, 6.45) is -1.05. The van der Waals surface area contributed by atoms with Gasteiger partial charge in [0, 0.05) is 26.1 Å². The molecule has 0 spiro atoms. The van der Waals surface area contributed by atoms with E-state index in [1.807, 2.05) is 95.3 Å². The Hall–Kier alpha value is -4.05. The van der Waals surface area contributed by atoms with Gasteiger partial charge in [-0.15, -0.1) is 0 Å². The maximum Gasteiger partial charge on any atom is 0.407 e. The molecule has 0 aliphatic heterocycles. The molecule has 0 fully saturated rings. The van der Waals surface area contributed by atoms with Gasteiger partial charge in [0.05, 0.1) is 6.04 Å². The highest BCUT2D eigenvalue weighted by atomic mass is 16.6. The first-order valence-electron chi connectivity index (χ1n) is 16.2. The van der Waals surface area contributed by atoms with Gasteiger partial charge in [-0.05, 0) is 83.4 Å². The van der Waals surface area contributed by atoms with E-state index in [0.29, 0.717) is 25.4 Å². The predicted octanol–water partition coefficient (Wildman–Crippen LogP) is 4.87. The third kappa shape index (κ3) is 16.9. The minimum Gasteiger partial charge on any atom is -0.474 e. The van der Waals surface area contributed by atoms with Crippen LogP contribution in [0.25, 0.3) is 0 Å². The maximum atomic E-state index is 13.1. The minimum absolute atomic E-state index is 0.0188. The van der Waals surface area contributed by atoms with Gasteiger partial charge in [0.2, 0.25) is 5.91 Å². The second-order valence-electron chi connectivity index (χ2n) is 14.8. The fraction of sp³-hybridized carbons (Fsp3) is 0.541. The Morgan fingerprint density at radius 3 is 1.79 bits per heavy atom. The van der Waals surface area contributed by atoms with Crippen molar-refractivity contribution in [3.63, 3.8) is 0 Å². The molecule has 0 bridgehead atoms. The van der Waals surface area contributed by atoms with E-state index < -0.39 is 35.2 Å². The average Bonchev–Trinajstić information content (AvgIpc) is 2.96. The molecule has 10 nitrogen and oxygen atoms in total. The highest BCUT2D eigenvalue weighted by Gasteiger charge is 2.31. The van der Waals surface area contributed by atoms with Gasteiger partial charge in [-0.1, -0.05) is 74.5 Å². The number of aliphatic hydroxyl groups is 1. The van der Waals surface area contributed by atoms with Gasteiger partial charge in [-0.2, -0.15) is 0 Å². The van der Waals surface area contributed by atoms with Crippen LogP contribution in [0.4, 0.5) is 4.79 Å². The normalized spacial score (nSPS) is 13.8. The first-order valence-corrected chi connectivity index (χ1v) is 16.2. The van der Waals surface area contributed by atoms with Crippen molar-refractivity contribution in [3.8, 4) is 0 Å². The van der Waals surface area contributed by atoms with E-state index in [1.165, 1.54) is 0 Å². The molecule has 0 unspecified atom stereocenters. The van der Waals surface area contributed by atoms with E-state index >= 15 is 0 Å². The van der Waals surface area contributed by atoms with E-state index in [-0.39, 0.29) is 36.8 Å². The van der Waals surface area contributed by atoms with E-state index in [0.717, 1.165) is 11.1 Å². The molecule has 47 heavy (non-hydrogen) atoms. The predicted molar refractivity (Wildman–Crippen MR) is 185 cm³/mol. The summed E-state index contributed by atoms with van der Waals surface area (Å²) in [5.41, 5.74) is 0.319. The van der Waals surface area contributed by atoms with E-state index in [4.69, 9.17) is 9.47 Å². The molecule has 260 valence electrons.